The fraction of sp³-hybridized carbons (Fsp3) is 0.944. The molecule has 38 heavy (non-hydrogen) atoms. The minimum absolute atomic E-state index is 1.02. The molecule has 0 N–H and O–H groups in total. The van der Waals surface area contributed by atoms with Crippen molar-refractivity contribution in [2.75, 3.05) is 26.2 Å². The van der Waals surface area contributed by atoms with Crippen LogP contribution < -0.4 is 0 Å². The Hall–Kier alpha value is -0.340. The molecule has 2 nitrogen and oxygen atoms in total. The van der Waals surface area contributed by atoms with Crippen LogP contribution in [0.4, 0.5) is 0 Å². The molecule has 0 saturated carbocycles. The number of hydrogen-bond acceptors (Lipinski definition) is 2. The molecule has 0 radical (unpaired) electrons. The molecule has 0 unspecified atom stereocenters. The van der Waals surface area contributed by atoms with Crippen LogP contribution in [0.5, 0.6) is 0 Å². The van der Waals surface area contributed by atoms with Crippen molar-refractivity contribution in [3.63, 3.8) is 0 Å². The van der Waals surface area contributed by atoms with Crippen molar-refractivity contribution in [1.82, 2.24) is 10.0 Å². The molecule has 0 bridgehead atoms. The molecule has 0 spiro atoms. The van der Waals surface area contributed by atoms with E-state index in [1.165, 1.54) is 193 Å². The Labute approximate surface area is 242 Å². The minimum Gasteiger partial charge on any atom is -0.241 e. The standard InChI is InChI=1S/C36H74N2/c1-5-9-12-15-18-20-22-25-28-31-35-38(36-32-29-26-23-21-19-16-13-10-6-2)37(33-8-4)34-30-27-24-17-14-11-7-3/h8H,4-7,9-36H2,1-3H3. The molecule has 0 aliphatic rings. The molecule has 0 rings (SSSR count). The second-order valence-corrected chi connectivity index (χ2v) is 12.1. The third kappa shape index (κ3) is 27.2. The lowest BCUT2D eigenvalue weighted by molar-refractivity contribution is -0.0193. The van der Waals surface area contributed by atoms with Crippen molar-refractivity contribution in [3.05, 3.63) is 12.7 Å². The van der Waals surface area contributed by atoms with Gasteiger partial charge in [-0.15, -0.1) is 6.58 Å². The summed E-state index contributed by atoms with van der Waals surface area (Å²) in [6.07, 6.45) is 40.3. The highest BCUT2D eigenvalue weighted by Gasteiger charge is 2.13. The molecular weight excluding hydrogens is 460 g/mol. The summed E-state index contributed by atoms with van der Waals surface area (Å²) in [5.74, 6) is 0. The van der Waals surface area contributed by atoms with Crippen molar-refractivity contribution in [2.24, 2.45) is 0 Å². The summed E-state index contributed by atoms with van der Waals surface area (Å²) in [6, 6.07) is 0. The summed E-state index contributed by atoms with van der Waals surface area (Å²) in [6.45, 7) is 15.8. The number of hydrogen-bond donors (Lipinski definition) is 0. The van der Waals surface area contributed by atoms with Crippen LogP contribution in [-0.4, -0.2) is 36.2 Å². The fourth-order valence-electron chi connectivity index (χ4n) is 5.71. The van der Waals surface area contributed by atoms with Crippen LogP contribution in [0.15, 0.2) is 12.7 Å². The first-order chi connectivity index (χ1) is 18.8. The lowest BCUT2D eigenvalue weighted by Crippen LogP contribution is -2.44. The molecular formula is C36H74N2. The average Bonchev–Trinajstić information content (AvgIpc) is 2.93. The number of hydrazine groups is 1. The monoisotopic (exact) mass is 535 g/mol. The molecule has 0 fully saturated rings. The van der Waals surface area contributed by atoms with E-state index in [2.05, 4.69) is 43.4 Å². The summed E-state index contributed by atoms with van der Waals surface area (Å²) in [7, 11) is 0. The highest BCUT2D eigenvalue weighted by Crippen LogP contribution is 2.15. The summed E-state index contributed by atoms with van der Waals surface area (Å²) >= 11 is 0. The predicted octanol–water partition coefficient (Wildman–Crippen LogP) is 12.3. The normalized spacial score (nSPS) is 11.7. The van der Waals surface area contributed by atoms with Crippen molar-refractivity contribution in [2.45, 2.75) is 194 Å². The first kappa shape index (κ1) is 37.7. The smallest absolute Gasteiger partial charge is 0.0311 e. The van der Waals surface area contributed by atoms with Gasteiger partial charge in [0.1, 0.15) is 0 Å². The first-order valence-electron chi connectivity index (χ1n) is 17.9. The Morgan fingerprint density at radius 3 is 0.842 bits per heavy atom. The highest BCUT2D eigenvalue weighted by molar-refractivity contribution is 4.73. The number of unbranched alkanes of at least 4 members (excludes halogenated alkanes) is 24. The van der Waals surface area contributed by atoms with E-state index in [0.717, 1.165) is 6.54 Å². The number of rotatable bonds is 33. The second kappa shape index (κ2) is 32.9. The average molecular weight is 535 g/mol. The van der Waals surface area contributed by atoms with Gasteiger partial charge >= 0.3 is 0 Å². The highest BCUT2D eigenvalue weighted by atomic mass is 15.6. The van der Waals surface area contributed by atoms with E-state index in [1.54, 1.807) is 0 Å². The molecule has 2 heteroatoms. The van der Waals surface area contributed by atoms with Crippen molar-refractivity contribution >= 4 is 0 Å². The molecule has 0 aromatic rings. The fourth-order valence-corrected chi connectivity index (χ4v) is 5.71. The first-order valence-corrected chi connectivity index (χ1v) is 17.9. The van der Waals surface area contributed by atoms with Gasteiger partial charge in [0.25, 0.3) is 0 Å². The van der Waals surface area contributed by atoms with Crippen LogP contribution in [0.3, 0.4) is 0 Å². The van der Waals surface area contributed by atoms with Gasteiger partial charge in [0.2, 0.25) is 0 Å². The number of nitrogens with zero attached hydrogens (tertiary/aromatic N) is 2. The topological polar surface area (TPSA) is 6.48 Å². The molecule has 0 heterocycles. The Bertz CT molecular complexity index is 411. The van der Waals surface area contributed by atoms with Crippen molar-refractivity contribution in [3.8, 4) is 0 Å². The second-order valence-electron chi connectivity index (χ2n) is 12.1. The maximum atomic E-state index is 4.11. The molecule has 0 amide bonds. The van der Waals surface area contributed by atoms with Gasteiger partial charge in [0.05, 0.1) is 0 Å². The van der Waals surface area contributed by atoms with E-state index in [-0.39, 0.29) is 0 Å². The van der Waals surface area contributed by atoms with Crippen LogP contribution in [-0.2, 0) is 0 Å². The van der Waals surface area contributed by atoms with Crippen molar-refractivity contribution in [1.29, 1.82) is 0 Å². The molecule has 0 aromatic carbocycles. The summed E-state index contributed by atoms with van der Waals surface area (Å²) in [4.78, 5) is 0. The quantitative estimate of drug-likeness (QED) is 0.0469. The zero-order valence-electron chi connectivity index (χ0n) is 27.1. The SMILES string of the molecule is C=CCN(CCCCCCCCC)N(CCCCCCCCCCCC)CCCCCCCCCCCC. The van der Waals surface area contributed by atoms with Gasteiger partial charge in [-0.05, 0) is 19.3 Å². The van der Waals surface area contributed by atoms with Crippen LogP contribution in [0.1, 0.15) is 194 Å². The van der Waals surface area contributed by atoms with Gasteiger partial charge in [-0.25, -0.2) is 10.0 Å². The predicted molar refractivity (Wildman–Crippen MR) is 175 cm³/mol. The largest absolute Gasteiger partial charge is 0.241 e. The third-order valence-corrected chi connectivity index (χ3v) is 8.30. The third-order valence-electron chi connectivity index (χ3n) is 8.30. The van der Waals surface area contributed by atoms with Crippen molar-refractivity contribution < 1.29 is 0 Å². The molecule has 0 aromatic heterocycles. The van der Waals surface area contributed by atoms with Crippen LogP contribution >= 0.6 is 0 Å². The van der Waals surface area contributed by atoms with E-state index in [0.29, 0.717) is 0 Å². The zero-order chi connectivity index (χ0) is 27.8. The Kier molecular flexibility index (Phi) is 32.6. The lowest BCUT2D eigenvalue weighted by atomic mass is 10.1. The van der Waals surface area contributed by atoms with E-state index in [1.807, 2.05) is 0 Å². The van der Waals surface area contributed by atoms with Crippen LogP contribution in [0.25, 0.3) is 0 Å². The molecule has 0 saturated heterocycles. The van der Waals surface area contributed by atoms with Gasteiger partial charge in [-0.3, -0.25) is 0 Å². The van der Waals surface area contributed by atoms with E-state index in [4.69, 9.17) is 0 Å². The Morgan fingerprint density at radius 1 is 0.342 bits per heavy atom. The molecule has 0 aliphatic heterocycles. The van der Waals surface area contributed by atoms with E-state index >= 15 is 0 Å². The summed E-state index contributed by atoms with van der Waals surface area (Å²) < 4.78 is 0. The Balaban J connectivity index is 4.32. The minimum atomic E-state index is 1.02. The maximum absolute atomic E-state index is 4.11. The Morgan fingerprint density at radius 2 is 0.579 bits per heavy atom. The van der Waals surface area contributed by atoms with E-state index in [9.17, 15) is 0 Å². The maximum Gasteiger partial charge on any atom is 0.0311 e. The van der Waals surface area contributed by atoms with Crippen LogP contribution in [0.2, 0.25) is 0 Å². The lowest BCUT2D eigenvalue weighted by Gasteiger charge is -2.35. The van der Waals surface area contributed by atoms with Gasteiger partial charge in [0, 0.05) is 26.2 Å². The molecule has 0 atom stereocenters. The van der Waals surface area contributed by atoms with Gasteiger partial charge in [0.15, 0.2) is 0 Å². The molecule has 0 aliphatic carbocycles. The summed E-state index contributed by atoms with van der Waals surface area (Å²) in [5, 5.41) is 5.38. The van der Waals surface area contributed by atoms with Gasteiger partial charge in [-0.2, -0.15) is 0 Å². The van der Waals surface area contributed by atoms with Gasteiger partial charge < -0.3 is 0 Å². The van der Waals surface area contributed by atoms with Gasteiger partial charge in [-0.1, -0.05) is 181 Å². The van der Waals surface area contributed by atoms with E-state index < -0.39 is 0 Å². The van der Waals surface area contributed by atoms with Crippen LogP contribution in [0, 0.1) is 0 Å². The zero-order valence-corrected chi connectivity index (χ0v) is 27.1. The summed E-state index contributed by atoms with van der Waals surface area (Å²) in [5.41, 5.74) is 0. The molecule has 228 valence electrons.